The molecule has 25 heavy (non-hydrogen) atoms. The average molecular weight is 356 g/mol. The minimum atomic E-state index is 0.246. The Balaban J connectivity index is 1.52. The summed E-state index contributed by atoms with van der Waals surface area (Å²) in [4.78, 5) is 8.85. The summed E-state index contributed by atoms with van der Waals surface area (Å²) in [6, 6.07) is 9.46. The Bertz CT molecular complexity index is 860. The molecular formula is C18H18ClN5O. The van der Waals surface area contributed by atoms with Crippen LogP contribution in [0.15, 0.2) is 48.9 Å². The summed E-state index contributed by atoms with van der Waals surface area (Å²) >= 11 is 6.23. The van der Waals surface area contributed by atoms with Crippen LogP contribution in [-0.4, -0.2) is 39.0 Å². The predicted molar refractivity (Wildman–Crippen MR) is 97.1 cm³/mol. The van der Waals surface area contributed by atoms with Crippen LogP contribution in [0, 0.1) is 0 Å². The molecule has 1 aliphatic heterocycles. The Hall–Kier alpha value is -2.44. The maximum Gasteiger partial charge on any atom is 0.223 e. The summed E-state index contributed by atoms with van der Waals surface area (Å²) in [5.41, 5.74) is 2.55. The Morgan fingerprint density at radius 3 is 3.04 bits per heavy atom. The van der Waals surface area contributed by atoms with Gasteiger partial charge < -0.3 is 10.1 Å². The second-order valence-electron chi connectivity index (χ2n) is 5.91. The molecule has 0 unspecified atom stereocenters. The van der Waals surface area contributed by atoms with Gasteiger partial charge in [0.25, 0.3) is 0 Å². The zero-order valence-electron chi connectivity index (χ0n) is 13.6. The highest BCUT2D eigenvalue weighted by Gasteiger charge is 2.15. The molecule has 1 atom stereocenters. The molecule has 7 heteroatoms. The predicted octanol–water partition coefficient (Wildman–Crippen LogP) is 3.57. The lowest BCUT2D eigenvalue weighted by Crippen LogP contribution is -2.19. The Morgan fingerprint density at radius 1 is 1.28 bits per heavy atom. The molecule has 0 amide bonds. The third kappa shape index (κ3) is 3.65. The van der Waals surface area contributed by atoms with Crippen molar-refractivity contribution in [3.63, 3.8) is 0 Å². The number of hydrogen-bond donors (Lipinski definition) is 1. The molecule has 1 aromatic carbocycles. The summed E-state index contributed by atoms with van der Waals surface area (Å²) in [6.07, 6.45) is 7.87. The van der Waals surface area contributed by atoms with Gasteiger partial charge in [-0.3, -0.25) is 0 Å². The number of nitrogens with zero attached hydrogens (tertiary/aromatic N) is 4. The maximum absolute atomic E-state index is 6.23. The number of hydrogen-bond acceptors (Lipinski definition) is 5. The molecule has 2 aromatic heterocycles. The SMILES string of the molecule is Clc1ccccc1-n1cc(-c2ccnc(NC[C@@H]3CCCO3)n2)cn1. The molecule has 0 radical (unpaired) electrons. The second-order valence-corrected chi connectivity index (χ2v) is 6.31. The van der Waals surface area contributed by atoms with Gasteiger partial charge in [0, 0.05) is 31.1 Å². The molecule has 0 spiro atoms. The summed E-state index contributed by atoms with van der Waals surface area (Å²) in [5, 5.41) is 8.29. The average Bonchev–Trinajstić information content (AvgIpc) is 3.33. The quantitative estimate of drug-likeness (QED) is 0.757. The standard InChI is InChI=1S/C18H18ClN5O/c19-15-5-1-2-6-17(15)24-12-13(10-22-24)16-7-8-20-18(23-16)21-11-14-4-3-9-25-14/h1-2,5-8,10,12,14H,3-4,9,11H2,(H,20,21,23)/t14-/m0/s1. The molecule has 0 bridgehead atoms. The number of anilines is 1. The lowest BCUT2D eigenvalue weighted by molar-refractivity contribution is 0.120. The van der Waals surface area contributed by atoms with E-state index in [1.165, 1.54) is 0 Å². The van der Waals surface area contributed by atoms with Crippen LogP contribution in [0.25, 0.3) is 16.9 Å². The van der Waals surface area contributed by atoms with E-state index in [1.807, 2.05) is 36.5 Å². The van der Waals surface area contributed by atoms with Crippen molar-refractivity contribution in [2.45, 2.75) is 18.9 Å². The van der Waals surface area contributed by atoms with Gasteiger partial charge in [0.1, 0.15) is 0 Å². The molecule has 0 saturated carbocycles. The first-order chi connectivity index (χ1) is 12.3. The van der Waals surface area contributed by atoms with E-state index in [0.29, 0.717) is 11.0 Å². The molecule has 128 valence electrons. The van der Waals surface area contributed by atoms with Gasteiger partial charge in [-0.15, -0.1) is 0 Å². The zero-order valence-corrected chi connectivity index (χ0v) is 14.4. The fourth-order valence-electron chi connectivity index (χ4n) is 2.84. The lowest BCUT2D eigenvalue weighted by Gasteiger charge is -2.10. The van der Waals surface area contributed by atoms with Gasteiger partial charge in [0.05, 0.1) is 28.7 Å². The van der Waals surface area contributed by atoms with Crippen molar-refractivity contribution in [1.29, 1.82) is 0 Å². The van der Waals surface area contributed by atoms with Gasteiger partial charge in [-0.05, 0) is 31.0 Å². The number of halogens is 1. The number of nitrogens with one attached hydrogen (secondary N) is 1. The molecule has 1 N–H and O–H groups in total. The summed E-state index contributed by atoms with van der Waals surface area (Å²) in [5.74, 6) is 0.596. The van der Waals surface area contributed by atoms with E-state index < -0.39 is 0 Å². The van der Waals surface area contributed by atoms with Crippen LogP contribution >= 0.6 is 11.6 Å². The topological polar surface area (TPSA) is 64.9 Å². The Kier molecular flexibility index (Phi) is 4.63. The first-order valence-electron chi connectivity index (χ1n) is 8.28. The highest BCUT2D eigenvalue weighted by Crippen LogP contribution is 2.23. The number of rotatable bonds is 5. The smallest absolute Gasteiger partial charge is 0.223 e. The monoisotopic (exact) mass is 355 g/mol. The first-order valence-corrected chi connectivity index (χ1v) is 8.66. The third-order valence-corrected chi connectivity index (χ3v) is 4.46. The molecule has 1 fully saturated rings. The van der Waals surface area contributed by atoms with Crippen LogP contribution < -0.4 is 5.32 Å². The molecule has 3 heterocycles. The highest BCUT2D eigenvalue weighted by molar-refractivity contribution is 6.32. The first kappa shape index (κ1) is 16.1. The van der Waals surface area contributed by atoms with E-state index >= 15 is 0 Å². The largest absolute Gasteiger partial charge is 0.376 e. The van der Waals surface area contributed by atoms with Crippen molar-refractivity contribution in [1.82, 2.24) is 19.7 Å². The normalized spacial score (nSPS) is 16.9. The van der Waals surface area contributed by atoms with Gasteiger partial charge in [-0.2, -0.15) is 5.10 Å². The Labute approximate surface area is 150 Å². The minimum absolute atomic E-state index is 0.246. The van der Waals surface area contributed by atoms with E-state index in [0.717, 1.165) is 42.9 Å². The van der Waals surface area contributed by atoms with Crippen molar-refractivity contribution in [2.24, 2.45) is 0 Å². The molecule has 1 saturated heterocycles. The number of benzene rings is 1. The zero-order chi connectivity index (χ0) is 17.1. The van der Waals surface area contributed by atoms with Crippen molar-refractivity contribution < 1.29 is 4.74 Å². The van der Waals surface area contributed by atoms with Gasteiger partial charge in [0.2, 0.25) is 5.95 Å². The van der Waals surface area contributed by atoms with E-state index in [1.54, 1.807) is 17.1 Å². The summed E-state index contributed by atoms with van der Waals surface area (Å²) < 4.78 is 7.36. The maximum atomic E-state index is 6.23. The van der Waals surface area contributed by atoms with Gasteiger partial charge >= 0.3 is 0 Å². The van der Waals surface area contributed by atoms with E-state index in [4.69, 9.17) is 16.3 Å². The van der Waals surface area contributed by atoms with E-state index in [9.17, 15) is 0 Å². The van der Waals surface area contributed by atoms with Crippen LogP contribution in [0.3, 0.4) is 0 Å². The molecular weight excluding hydrogens is 338 g/mol. The fraction of sp³-hybridized carbons (Fsp3) is 0.278. The van der Waals surface area contributed by atoms with Crippen LogP contribution in [0.4, 0.5) is 5.95 Å². The van der Waals surface area contributed by atoms with Crippen LogP contribution in [0.2, 0.25) is 5.02 Å². The van der Waals surface area contributed by atoms with Gasteiger partial charge in [-0.1, -0.05) is 23.7 Å². The summed E-state index contributed by atoms with van der Waals surface area (Å²) in [7, 11) is 0. The van der Waals surface area contributed by atoms with Crippen LogP contribution in [0.5, 0.6) is 0 Å². The van der Waals surface area contributed by atoms with Gasteiger partial charge in [0.15, 0.2) is 0 Å². The molecule has 4 rings (SSSR count). The molecule has 0 aliphatic carbocycles. The summed E-state index contributed by atoms with van der Waals surface area (Å²) in [6.45, 7) is 1.57. The highest BCUT2D eigenvalue weighted by atomic mass is 35.5. The van der Waals surface area contributed by atoms with Gasteiger partial charge in [-0.25, -0.2) is 14.6 Å². The van der Waals surface area contributed by atoms with E-state index in [-0.39, 0.29) is 6.10 Å². The fourth-order valence-corrected chi connectivity index (χ4v) is 3.06. The molecule has 3 aromatic rings. The van der Waals surface area contributed by atoms with Crippen LogP contribution in [-0.2, 0) is 4.74 Å². The number of ether oxygens (including phenoxy) is 1. The second kappa shape index (κ2) is 7.21. The van der Waals surface area contributed by atoms with Crippen molar-refractivity contribution >= 4 is 17.5 Å². The van der Waals surface area contributed by atoms with Crippen molar-refractivity contribution in [2.75, 3.05) is 18.5 Å². The Morgan fingerprint density at radius 2 is 2.20 bits per heavy atom. The molecule has 1 aliphatic rings. The van der Waals surface area contributed by atoms with Crippen molar-refractivity contribution in [3.8, 4) is 16.9 Å². The number of aromatic nitrogens is 4. The van der Waals surface area contributed by atoms with Crippen LogP contribution in [0.1, 0.15) is 12.8 Å². The number of para-hydroxylation sites is 1. The van der Waals surface area contributed by atoms with Crippen molar-refractivity contribution in [3.05, 3.63) is 53.9 Å². The molecule has 6 nitrogen and oxygen atoms in total. The lowest BCUT2D eigenvalue weighted by atomic mass is 10.2. The minimum Gasteiger partial charge on any atom is -0.376 e. The third-order valence-electron chi connectivity index (χ3n) is 4.15. The van der Waals surface area contributed by atoms with E-state index in [2.05, 4.69) is 20.4 Å².